The Kier molecular flexibility index (Phi) is 3.37. The van der Waals surface area contributed by atoms with Gasteiger partial charge in [-0.1, -0.05) is 24.3 Å². The highest BCUT2D eigenvalue weighted by atomic mass is 35.5. The van der Waals surface area contributed by atoms with Gasteiger partial charge in [0.05, 0.1) is 0 Å². The quantitative estimate of drug-likeness (QED) is 0.708. The van der Waals surface area contributed by atoms with Crippen LogP contribution in [0, 0.1) is 0 Å². The van der Waals surface area contributed by atoms with Crippen molar-refractivity contribution < 1.29 is 9.90 Å². The second kappa shape index (κ2) is 4.33. The van der Waals surface area contributed by atoms with E-state index in [1.165, 1.54) is 4.90 Å². The summed E-state index contributed by atoms with van der Waals surface area (Å²) in [6.45, 7) is 4.64. The Morgan fingerprint density at radius 1 is 1.54 bits per heavy atom. The summed E-state index contributed by atoms with van der Waals surface area (Å²) in [5, 5.41) is 9.35. The highest BCUT2D eigenvalue weighted by Gasteiger charge is 2.18. The van der Waals surface area contributed by atoms with Crippen LogP contribution in [0.3, 0.4) is 0 Å². The van der Waals surface area contributed by atoms with Crippen molar-refractivity contribution in [3.8, 4) is 0 Å². The van der Waals surface area contributed by atoms with Gasteiger partial charge in [-0.25, -0.2) is 4.79 Å². The molecule has 0 bridgehead atoms. The van der Waals surface area contributed by atoms with Crippen molar-refractivity contribution >= 4 is 17.7 Å². The van der Waals surface area contributed by atoms with Crippen LogP contribution in [-0.4, -0.2) is 29.2 Å². The first kappa shape index (κ1) is 10.1. The topological polar surface area (TPSA) is 40.5 Å². The largest absolute Gasteiger partial charge is 0.465 e. The van der Waals surface area contributed by atoms with E-state index >= 15 is 0 Å². The number of piperidine rings is 1. The van der Waals surface area contributed by atoms with E-state index in [-0.39, 0.29) is 0 Å². The zero-order valence-corrected chi connectivity index (χ0v) is 8.05. The molecule has 72 valence electrons. The van der Waals surface area contributed by atoms with Crippen LogP contribution < -0.4 is 0 Å². The molecule has 1 fully saturated rings. The van der Waals surface area contributed by atoms with Gasteiger partial charge in [-0.15, -0.1) is 0 Å². The first-order valence-corrected chi connectivity index (χ1v) is 4.50. The molecule has 3 nitrogen and oxygen atoms in total. The molecule has 0 atom stereocenters. The van der Waals surface area contributed by atoms with E-state index in [2.05, 4.69) is 6.58 Å². The van der Waals surface area contributed by atoms with Crippen LogP contribution in [0.15, 0.2) is 23.3 Å². The van der Waals surface area contributed by atoms with Crippen LogP contribution in [0.1, 0.15) is 12.8 Å². The lowest BCUT2D eigenvalue weighted by atomic mass is 10.0. The van der Waals surface area contributed by atoms with Gasteiger partial charge in [0.25, 0.3) is 0 Å². The van der Waals surface area contributed by atoms with Crippen LogP contribution in [0.2, 0.25) is 0 Å². The van der Waals surface area contributed by atoms with Crippen molar-refractivity contribution in [2.45, 2.75) is 12.8 Å². The number of amides is 1. The Hall–Kier alpha value is -0.960. The number of hydrogen-bond donors (Lipinski definition) is 1. The van der Waals surface area contributed by atoms with Crippen LogP contribution in [-0.2, 0) is 0 Å². The Morgan fingerprint density at radius 2 is 2.08 bits per heavy atom. The van der Waals surface area contributed by atoms with Gasteiger partial charge in [0.15, 0.2) is 0 Å². The normalized spacial score (nSPS) is 17.0. The van der Waals surface area contributed by atoms with Crippen molar-refractivity contribution in [3.63, 3.8) is 0 Å². The number of halogens is 1. The van der Waals surface area contributed by atoms with Crippen molar-refractivity contribution in [1.29, 1.82) is 0 Å². The monoisotopic (exact) mass is 201 g/mol. The fourth-order valence-corrected chi connectivity index (χ4v) is 1.54. The minimum Gasteiger partial charge on any atom is -0.465 e. The van der Waals surface area contributed by atoms with E-state index in [4.69, 9.17) is 16.7 Å². The van der Waals surface area contributed by atoms with E-state index in [1.54, 1.807) is 6.08 Å². The lowest BCUT2D eigenvalue weighted by Gasteiger charge is -2.26. The number of carboxylic acid groups (broad SMARTS) is 1. The second-order valence-electron chi connectivity index (χ2n) is 2.93. The predicted molar refractivity (Wildman–Crippen MR) is 51.9 cm³/mol. The Balaban J connectivity index is 2.57. The fraction of sp³-hybridized carbons (Fsp3) is 0.444. The first-order chi connectivity index (χ1) is 6.15. The zero-order valence-electron chi connectivity index (χ0n) is 7.29. The fourth-order valence-electron chi connectivity index (χ4n) is 1.35. The minimum absolute atomic E-state index is 0.536. The summed E-state index contributed by atoms with van der Waals surface area (Å²) in [5.74, 6) is 0. The highest BCUT2D eigenvalue weighted by Crippen LogP contribution is 2.22. The maximum Gasteiger partial charge on any atom is 0.407 e. The highest BCUT2D eigenvalue weighted by molar-refractivity contribution is 6.31. The molecule has 0 aliphatic carbocycles. The molecular formula is C9H12ClNO2. The Bertz CT molecular complexity index is 250. The molecular weight excluding hydrogens is 190 g/mol. The average molecular weight is 202 g/mol. The van der Waals surface area contributed by atoms with E-state index in [9.17, 15) is 4.79 Å². The molecule has 0 saturated carbocycles. The third kappa shape index (κ3) is 2.49. The standard InChI is InChI=1S/C9H12ClNO2/c1-2-8(10)7-3-5-11(6-4-7)9(12)13/h2H,1,3-6H2,(H,12,13). The molecule has 0 aromatic rings. The molecule has 1 heterocycles. The van der Waals surface area contributed by atoms with Gasteiger partial charge in [-0.2, -0.15) is 0 Å². The number of nitrogens with zero attached hydrogens (tertiary/aromatic N) is 1. The van der Waals surface area contributed by atoms with Gasteiger partial charge in [-0.05, 0) is 18.4 Å². The van der Waals surface area contributed by atoms with E-state index in [0.29, 0.717) is 18.1 Å². The van der Waals surface area contributed by atoms with Crippen LogP contribution in [0.5, 0.6) is 0 Å². The molecule has 0 aromatic heterocycles. The van der Waals surface area contributed by atoms with Gasteiger partial charge in [0, 0.05) is 18.1 Å². The number of allylic oxidation sites excluding steroid dienone is 2. The van der Waals surface area contributed by atoms with Gasteiger partial charge in [-0.3, -0.25) is 0 Å². The zero-order chi connectivity index (χ0) is 9.84. The lowest BCUT2D eigenvalue weighted by Crippen LogP contribution is -2.35. The number of hydrogen-bond acceptors (Lipinski definition) is 1. The van der Waals surface area contributed by atoms with Gasteiger partial charge >= 0.3 is 6.09 Å². The summed E-state index contributed by atoms with van der Waals surface area (Å²) in [6.07, 6.45) is 2.19. The van der Waals surface area contributed by atoms with Crippen LogP contribution in [0.25, 0.3) is 0 Å². The Morgan fingerprint density at radius 3 is 2.46 bits per heavy atom. The molecule has 1 N–H and O–H groups in total. The van der Waals surface area contributed by atoms with Crippen molar-refractivity contribution in [2.75, 3.05) is 13.1 Å². The van der Waals surface area contributed by atoms with E-state index in [1.807, 2.05) is 0 Å². The van der Waals surface area contributed by atoms with E-state index in [0.717, 1.165) is 18.4 Å². The molecule has 1 aliphatic rings. The first-order valence-electron chi connectivity index (χ1n) is 4.13. The molecule has 1 saturated heterocycles. The smallest absolute Gasteiger partial charge is 0.407 e. The summed E-state index contributed by atoms with van der Waals surface area (Å²) < 4.78 is 0. The molecule has 1 rings (SSSR count). The third-order valence-corrected chi connectivity index (χ3v) is 2.58. The molecule has 4 heteroatoms. The van der Waals surface area contributed by atoms with E-state index < -0.39 is 6.09 Å². The van der Waals surface area contributed by atoms with Crippen LogP contribution >= 0.6 is 11.6 Å². The van der Waals surface area contributed by atoms with Crippen LogP contribution in [0.4, 0.5) is 4.79 Å². The van der Waals surface area contributed by atoms with Gasteiger partial charge in [0.2, 0.25) is 0 Å². The summed E-state index contributed by atoms with van der Waals surface area (Å²) in [6, 6.07) is 0. The lowest BCUT2D eigenvalue weighted by molar-refractivity contribution is 0.141. The molecule has 13 heavy (non-hydrogen) atoms. The average Bonchev–Trinajstić information content (AvgIpc) is 2.17. The summed E-state index contributed by atoms with van der Waals surface area (Å²) >= 11 is 5.87. The molecule has 0 spiro atoms. The maximum absolute atomic E-state index is 10.6. The number of carbonyl (C=O) groups is 1. The SMILES string of the molecule is C=CC(Cl)=C1CCN(C(=O)O)CC1. The molecule has 0 aromatic carbocycles. The number of rotatable bonds is 1. The molecule has 0 unspecified atom stereocenters. The van der Waals surface area contributed by atoms with Crippen molar-refractivity contribution in [1.82, 2.24) is 4.90 Å². The molecule has 0 radical (unpaired) electrons. The predicted octanol–water partition coefficient (Wildman–Crippen LogP) is 2.44. The summed E-state index contributed by atoms with van der Waals surface area (Å²) in [7, 11) is 0. The van der Waals surface area contributed by atoms with Crippen molar-refractivity contribution in [2.24, 2.45) is 0 Å². The second-order valence-corrected chi connectivity index (χ2v) is 3.33. The Labute approximate surface area is 82.3 Å². The number of likely N-dealkylation sites (tertiary alicyclic amines) is 1. The maximum atomic E-state index is 10.6. The minimum atomic E-state index is -0.853. The molecule has 1 aliphatic heterocycles. The summed E-state index contributed by atoms with van der Waals surface area (Å²) in [4.78, 5) is 12.0. The third-order valence-electron chi connectivity index (χ3n) is 2.15. The van der Waals surface area contributed by atoms with Gasteiger partial charge in [0.1, 0.15) is 0 Å². The summed E-state index contributed by atoms with van der Waals surface area (Å²) in [5.41, 5.74) is 1.11. The van der Waals surface area contributed by atoms with Crippen molar-refractivity contribution in [3.05, 3.63) is 23.3 Å². The van der Waals surface area contributed by atoms with Gasteiger partial charge < -0.3 is 10.0 Å². The molecule has 1 amide bonds.